The molecule has 2 N–H and O–H groups in total. The van der Waals surface area contributed by atoms with Crippen LogP contribution >= 0.6 is 0 Å². The van der Waals surface area contributed by atoms with Crippen LogP contribution in [0.25, 0.3) is 0 Å². The van der Waals surface area contributed by atoms with Crippen molar-refractivity contribution in [2.75, 3.05) is 5.32 Å². The molecule has 0 saturated carbocycles. The number of rotatable bonds is 4. The fraction of sp³-hybridized carbons (Fsp3) is 0.125. The van der Waals surface area contributed by atoms with Crippen LogP contribution in [-0.2, 0) is 11.2 Å². The second-order valence-electron chi connectivity index (χ2n) is 4.50. The number of carbonyl (C=O) groups excluding carboxylic acids is 2. The number of phenols is 1. The van der Waals surface area contributed by atoms with Gasteiger partial charge in [0.1, 0.15) is 5.75 Å². The number of carbonyl (C=O) groups is 2. The minimum absolute atomic E-state index is 0.128. The highest BCUT2D eigenvalue weighted by molar-refractivity contribution is 6.00. The van der Waals surface area contributed by atoms with Crippen LogP contribution in [0.5, 0.6) is 5.75 Å². The second-order valence-corrected chi connectivity index (χ2v) is 4.50. The molecule has 2 rings (SSSR count). The molecule has 20 heavy (non-hydrogen) atoms. The Morgan fingerprint density at radius 3 is 2.40 bits per heavy atom. The van der Waals surface area contributed by atoms with Crippen LogP contribution in [0.1, 0.15) is 22.8 Å². The van der Waals surface area contributed by atoms with E-state index in [2.05, 4.69) is 5.32 Å². The van der Waals surface area contributed by atoms with E-state index in [1.165, 1.54) is 19.1 Å². The third kappa shape index (κ3) is 3.45. The van der Waals surface area contributed by atoms with Crippen molar-refractivity contribution in [3.05, 3.63) is 59.7 Å². The number of anilines is 1. The largest absolute Gasteiger partial charge is 0.507 e. The summed E-state index contributed by atoms with van der Waals surface area (Å²) in [6.45, 7) is 1.38. The standard InChI is InChI=1S/C16H15NO3/c1-11(18)17-13-7-8-14(16(20)10-13)15(19)9-12-5-3-2-4-6-12/h2-8,10,20H,9H2,1H3,(H,17,18). The van der Waals surface area contributed by atoms with E-state index >= 15 is 0 Å². The van der Waals surface area contributed by atoms with E-state index in [-0.39, 0.29) is 29.4 Å². The quantitative estimate of drug-likeness (QED) is 0.839. The summed E-state index contributed by atoms with van der Waals surface area (Å²) in [6, 6.07) is 13.8. The van der Waals surface area contributed by atoms with E-state index in [1.807, 2.05) is 30.3 Å². The van der Waals surface area contributed by atoms with Crippen molar-refractivity contribution in [1.82, 2.24) is 0 Å². The number of Topliss-reactive ketones (excluding diaryl/α,β-unsaturated/α-hetero) is 1. The van der Waals surface area contributed by atoms with Crippen LogP contribution in [-0.4, -0.2) is 16.8 Å². The Labute approximate surface area is 117 Å². The van der Waals surface area contributed by atoms with E-state index in [1.54, 1.807) is 6.07 Å². The fourth-order valence-electron chi connectivity index (χ4n) is 1.92. The molecule has 0 aliphatic rings. The Morgan fingerprint density at radius 2 is 1.80 bits per heavy atom. The number of ketones is 1. The summed E-state index contributed by atoms with van der Waals surface area (Å²) in [6.07, 6.45) is 0.230. The molecule has 0 aliphatic heterocycles. The van der Waals surface area contributed by atoms with Gasteiger partial charge in [0.15, 0.2) is 5.78 Å². The van der Waals surface area contributed by atoms with Gasteiger partial charge in [-0.3, -0.25) is 9.59 Å². The Bertz CT molecular complexity index is 635. The maximum Gasteiger partial charge on any atom is 0.221 e. The highest BCUT2D eigenvalue weighted by Crippen LogP contribution is 2.23. The average Bonchev–Trinajstić information content (AvgIpc) is 2.39. The molecule has 0 fully saturated rings. The number of hydrogen-bond donors (Lipinski definition) is 2. The summed E-state index contributed by atoms with van der Waals surface area (Å²) < 4.78 is 0. The molecule has 0 radical (unpaired) electrons. The van der Waals surface area contributed by atoms with Crippen molar-refractivity contribution < 1.29 is 14.7 Å². The van der Waals surface area contributed by atoms with E-state index in [4.69, 9.17) is 0 Å². The summed E-state index contributed by atoms with van der Waals surface area (Å²) in [4.78, 5) is 23.0. The van der Waals surface area contributed by atoms with Gasteiger partial charge in [-0.1, -0.05) is 30.3 Å². The van der Waals surface area contributed by atoms with Gasteiger partial charge >= 0.3 is 0 Å². The van der Waals surface area contributed by atoms with Gasteiger partial charge in [0.05, 0.1) is 5.56 Å². The van der Waals surface area contributed by atoms with Gasteiger partial charge in [0.25, 0.3) is 0 Å². The Hall–Kier alpha value is -2.62. The van der Waals surface area contributed by atoms with Crippen molar-refractivity contribution in [3.63, 3.8) is 0 Å². The van der Waals surface area contributed by atoms with E-state index in [0.717, 1.165) is 5.56 Å². The predicted molar refractivity (Wildman–Crippen MR) is 76.9 cm³/mol. The second kappa shape index (κ2) is 6.02. The minimum atomic E-state index is -0.229. The van der Waals surface area contributed by atoms with E-state index < -0.39 is 0 Å². The number of hydrogen-bond acceptors (Lipinski definition) is 3. The highest BCUT2D eigenvalue weighted by atomic mass is 16.3. The van der Waals surface area contributed by atoms with Gasteiger partial charge in [0, 0.05) is 25.1 Å². The number of phenolic OH excluding ortho intramolecular Hbond substituents is 1. The Balaban J connectivity index is 2.16. The zero-order chi connectivity index (χ0) is 14.5. The topological polar surface area (TPSA) is 66.4 Å². The molecular weight excluding hydrogens is 254 g/mol. The van der Waals surface area contributed by atoms with Crippen LogP contribution in [0.2, 0.25) is 0 Å². The van der Waals surface area contributed by atoms with Crippen LogP contribution in [0, 0.1) is 0 Å². The van der Waals surface area contributed by atoms with Crippen molar-refractivity contribution in [2.45, 2.75) is 13.3 Å². The molecular formula is C16H15NO3. The van der Waals surface area contributed by atoms with Crippen LogP contribution in [0.4, 0.5) is 5.69 Å². The summed E-state index contributed by atoms with van der Waals surface area (Å²) in [5, 5.41) is 12.4. The summed E-state index contributed by atoms with van der Waals surface area (Å²) in [5.41, 5.74) is 1.61. The molecule has 0 spiro atoms. The zero-order valence-electron chi connectivity index (χ0n) is 11.1. The molecule has 1 amide bonds. The monoisotopic (exact) mass is 269 g/mol. The van der Waals surface area contributed by atoms with Crippen molar-refractivity contribution in [2.24, 2.45) is 0 Å². The normalized spacial score (nSPS) is 10.1. The molecule has 0 heterocycles. The van der Waals surface area contributed by atoms with Gasteiger partial charge in [-0.15, -0.1) is 0 Å². The van der Waals surface area contributed by atoms with Crippen LogP contribution in [0.15, 0.2) is 48.5 Å². The molecule has 0 atom stereocenters. The lowest BCUT2D eigenvalue weighted by Gasteiger charge is -2.07. The van der Waals surface area contributed by atoms with Crippen LogP contribution in [0.3, 0.4) is 0 Å². The summed E-state index contributed by atoms with van der Waals surface area (Å²) >= 11 is 0. The maximum atomic E-state index is 12.1. The molecule has 4 heteroatoms. The lowest BCUT2D eigenvalue weighted by Crippen LogP contribution is -2.07. The molecule has 2 aromatic rings. The first kappa shape index (κ1) is 13.8. The van der Waals surface area contributed by atoms with E-state index in [0.29, 0.717) is 5.69 Å². The zero-order valence-corrected chi connectivity index (χ0v) is 11.1. The first-order chi connectivity index (χ1) is 9.56. The molecule has 4 nitrogen and oxygen atoms in total. The molecule has 0 aliphatic carbocycles. The molecule has 0 bridgehead atoms. The van der Waals surface area contributed by atoms with Gasteiger partial charge < -0.3 is 10.4 Å². The van der Waals surface area contributed by atoms with Gasteiger partial charge in [-0.05, 0) is 17.7 Å². The smallest absolute Gasteiger partial charge is 0.221 e. The predicted octanol–water partition coefficient (Wildman–Crippen LogP) is 2.78. The van der Waals surface area contributed by atoms with Gasteiger partial charge in [-0.25, -0.2) is 0 Å². The molecule has 0 saturated heterocycles. The SMILES string of the molecule is CC(=O)Nc1ccc(C(=O)Cc2ccccc2)c(O)c1. The van der Waals surface area contributed by atoms with Gasteiger partial charge in [0.2, 0.25) is 5.91 Å². The number of nitrogens with one attached hydrogen (secondary N) is 1. The summed E-state index contributed by atoms with van der Waals surface area (Å²) in [7, 11) is 0. The number of amides is 1. The maximum absolute atomic E-state index is 12.1. The lowest BCUT2D eigenvalue weighted by molar-refractivity contribution is -0.114. The minimum Gasteiger partial charge on any atom is -0.507 e. The Kier molecular flexibility index (Phi) is 4.15. The van der Waals surface area contributed by atoms with Gasteiger partial charge in [-0.2, -0.15) is 0 Å². The first-order valence-corrected chi connectivity index (χ1v) is 6.24. The average molecular weight is 269 g/mol. The lowest BCUT2D eigenvalue weighted by atomic mass is 10.0. The molecule has 102 valence electrons. The Morgan fingerprint density at radius 1 is 1.10 bits per heavy atom. The van der Waals surface area contributed by atoms with Crippen molar-refractivity contribution in [1.29, 1.82) is 0 Å². The van der Waals surface area contributed by atoms with E-state index in [9.17, 15) is 14.7 Å². The highest BCUT2D eigenvalue weighted by Gasteiger charge is 2.12. The number of benzene rings is 2. The van der Waals surface area contributed by atoms with Crippen molar-refractivity contribution in [3.8, 4) is 5.75 Å². The third-order valence-corrected chi connectivity index (χ3v) is 2.83. The third-order valence-electron chi connectivity index (χ3n) is 2.83. The molecule has 0 unspecified atom stereocenters. The van der Waals surface area contributed by atoms with Crippen LogP contribution < -0.4 is 5.32 Å². The summed E-state index contributed by atoms with van der Waals surface area (Å²) in [5.74, 6) is -0.520. The van der Waals surface area contributed by atoms with Crippen molar-refractivity contribution >= 4 is 17.4 Å². The molecule has 0 aromatic heterocycles. The number of aromatic hydroxyl groups is 1. The molecule has 2 aromatic carbocycles. The first-order valence-electron chi connectivity index (χ1n) is 6.24. The fourth-order valence-corrected chi connectivity index (χ4v) is 1.92.